The highest BCUT2D eigenvalue weighted by Gasteiger charge is 2.18. The van der Waals surface area contributed by atoms with Gasteiger partial charge in [-0.15, -0.1) is 0 Å². The summed E-state index contributed by atoms with van der Waals surface area (Å²) in [6.07, 6.45) is 0.139. The summed E-state index contributed by atoms with van der Waals surface area (Å²) in [5.41, 5.74) is 9.02. The van der Waals surface area contributed by atoms with Gasteiger partial charge >= 0.3 is 0 Å². The zero-order chi connectivity index (χ0) is 17.7. The van der Waals surface area contributed by atoms with Crippen molar-refractivity contribution in [3.63, 3.8) is 0 Å². The molecule has 0 spiro atoms. The molecule has 0 heterocycles. The standard InChI is InChI=1S/C20H26N2O2/c1-13(2)24-18-11-9-16(10-12-18)15(4)22-20(23)19(21)17-7-5-14(3)6-8-17/h5-13,15,19H,21H2,1-4H3,(H,22,23). The molecule has 0 saturated carbocycles. The summed E-state index contributed by atoms with van der Waals surface area (Å²) in [6, 6.07) is 14.7. The van der Waals surface area contributed by atoms with Crippen molar-refractivity contribution in [2.75, 3.05) is 0 Å². The Morgan fingerprint density at radius 3 is 2.04 bits per heavy atom. The molecule has 0 bridgehead atoms. The average molecular weight is 326 g/mol. The molecule has 0 saturated heterocycles. The number of benzene rings is 2. The minimum absolute atomic E-state index is 0.123. The van der Waals surface area contributed by atoms with Crippen LogP contribution in [0.3, 0.4) is 0 Å². The SMILES string of the molecule is Cc1ccc(C(N)C(=O)NC(C)c2ccc(OC(C)C)cc2)cc1. The number of rotatable bonds is 6. The van der Waals surface area contributed by atoms with Gasteiger partial charge in [0.25, 0.3) is 0 Å². The van der Waals surface area contributed by atoms with Crippen molar-refractivity contribution >= 4 is 5.91 Å². The molecule has 4 nitrogen and oxygen atoms in total. The zero-order valence-corrected chi connectivity index (χ0v) is 14.7. The lowest BCUT2D eigenvalue weighted by molar-refractivity contribution is -0.123. The van der Waals surface area contributed by atoms with Crippen molar-refractivity contribution < 1.29 is 9.53 Å². The Kier molecular flexibility index (Phi) is 5.99. The number of ether oxygens (including phenoxy) is 1. The molecule has 4 heteroatoms. The topological polar surface area (TPSA) is 64.4 Å². The van der Waals surface area contributed by atoms with Crippen LogP contribution in [0, 0.1) is 6.92 Å². The van der Waals surface area contributed by atoms with E-state index in [4.69, 9.17) is 10.5 Å². The molecule has 0 fully saturated rings. The van der Waals surface area contributed by atoms with Gasteiger partial charge in [-0.05, 0) is 51.0 Å². The summed E-state index contributed by atoms with van der Waals surface area (Å²) < 4.78 is 5.63. The Balaban J connectivity index is 1.98. The Labute approximate surface area is 144 Å². The molecule has 2 aromatic carbocycles. The van der Waals surface area contributed by atoms with Crippen LogP contribution in [0.25, 0.3) is 0 Å². The molecule has 3 N–H and O–H groups in total. The lowest BCUT2D eigenvalue weighted by Crippen LogP contribution is -2.35. The van der Waals surface area contributed by atoms with Crippen molar-refractivity contribution in [2.24, 2.45) is 5.73 Å². The number of hydrogen-bond acceptors (Lipinski definition) is 3. The third-order valence-electron chi connectivity index (χ3n) is 3.83. The van der Waals surface area contributed by atoms with Crippen molar-refractivity contribution in [3.8, 4) is 5.75 Å². The van der Waals surface area contributed by atoms with Crippen LogP contribution in [0.1, 0.15) is 49.5 Å². The third-order valence-corrected chi connectivity index (χ3v) is 3.83. The number of hydrogen-bond donors (Lipinski definition) is 2. The normalized spacial score (nSPS) is 13.4. The molecule has 0 aliphatic carbocycles. The van der Waals surface area contributed by atoms with Gasteiger partial charge in [0.15, 0.2) is 0 Å². The number of nitrogens with two attached hydrogens (primary N) is 1. The van der Waals surface area contributed by atoms with Crippen LogP contribution in [0.2, 0.25) is 0 Å². The van der Waals surface area contributed by atoms with Crippen molar-refractivity contribution in [2.45, 2.75) is 45.9 Å². The van der Waals surface area contributed by atoms with E-state index in [9.17, 15) is 4.79 Å². The molecule has 24 heavy (non-hydrogen) atoms. The molecule has 2 atom stereocenters. The van der Waals surface area contributed by atoms with Crippen LogP contribution in [0.4, 0.5) is 0 Å². The van der Waals surface area contributed by atoms with E-state index in [1.165, 1.54) is 0 Å². The van der Waals surface area contributed by atoms with Gasteiger partial charge in [0.1, 0.15) is 11.8 Å². The maximum Gasteiger partial charge on any atom is 0.241 e. The summed E-state index contributed by atoms with van der Waals surface area (Å²) >= 11 is 0. The maximum absolute atomic E-state index is 12.4. The van der Waals surface area contributed by atoms with Gasteiger partial charge in [-0.3, -0.25) is 4.79 Å². The number of amides is 1. The lowest BCUT2D eigenvalue weighted by atomic mass is 10.0. The quantitative estimate of drug-likeness (QED) is 0.851. The molecule has 0 aliphatic rings. The zero-order valence-electron chi connectivity index (χ0n) is 14.7. The van der Waals surface area contributed by atoms with Crippen LogP contribution < -0.4 is 15.8 Å². The lowest BCUT2D eigenvalue weighted by Gasteiger charge is -2.19. The smallest absolute Gasteiger partial charge is 0.241 e. The average Bonchev–Trinajstić information content (AvgIpc) is 2.55. The fourth-order valence-electron chi connectivity index (χ4n) is 2.42. The fraction of sp³-hybridized carbons (Fsp3) is 0.350. The monoisotopic (exact) mass is 326 g/mol. The van der Waals surface area contributed by atoms with E-state index < -0.39 is 6.04 Å². The third kappa shape index (κ3) is 4.83. The molecule has 2 rings (SSSR count). The van der Waals surface area contributed by atoms with Gasteiger partial charge in [0.2, 0.25) is 5.91 Å². The van der Waals surface area contributed by atoms with Gasteiger partial charge in [-0.2, -0.15) is 0 Å². The van der Waals surface area contributed by atoms with Gasteiger partial charge in [0, 0.05) is 0 Å². The highest BCUT2D eigenvalue weighted by Crippen LogP contribution is 2.20. The summed E-state index contributed by atoms with van der Waals surface area (Å²) in [5, 5.41) is 2.96. The van der Waals surface area contributed by atoms with Crippen molar-refractivity contribution in [1.82, 2.24) is 5.32 Å². The van der Waals surface area contributed by atoms with Crippen LogP contribution >= 0.6 is 0 Å². The molecule has 1 amide bonds. The largest absolute Gasteiger partial charge is 0.491 e. The van der Waals surface area contributed by atoms with Gasteiger partial charge < -0.3 is 15.8 Å². The second kappa shape index (κ2) is 7.97. The first-order chi connectivity index (χ1) is 11.4. The number of carbonyl (C=O) groups excluding carboxylic acids is 1. The van der Waals surface area contributed by atoms with E-state index in [2.05, 4.69) is 5.32 Å². The molecule has 0 aromatic heterocycles. The number of carbonyl (C=O) groups is 1. The summed E-state index contributed by atoms with van der Waals surface area (Å²) in [5.74, 6) is 0.637. The minimum atomic E-state index is -0.670. The maximum atomic E-state index is 12.4. The highest BCUT2D eigenvalue weighted by atomic mass is 16.5. The van der Waals surface area contributed by atoms with Crippen LogP contribution in [-0.4, -0.2) is 12.0 Å². The molecular weight excluding hydrogens is 300 g/mol. The van der Waals surface area contributed by atoms with Crippen molar-refractivity contribution in [1.29, 1.82) is 0 Å². The van der Waals surface area contributed by atoms with E-state index in [1.54, 1.807) is 0 Å². The number of aryl methyl sites for hydroxylation is 1. The number of nitrogens with one attached hydrogen (secondary N) is 1. The summed E-state index contributed by atoms with van der Waals surface area (Å²) in [6.45, 7) is 7.93. The van der Waals surface area contributed by atoms with E-state index in [0.29, 0.717) is 0 Å². The molecule has 0 radical (unpaired) electrons. The molecule has 2 unspecified atom stereocenters. The first-order valence-electron chi connectivity index (χ1n) is 8.26. The minimum Gasteiger partial charge on any atom is -0.491 e. The summed E-state index contributed by atoms with van der Waals surface area (Å²) in [4.78, 5) is 12.4. The van der Waals surface area contributed by atoms with Gasteiger partial charge in [0.05, 0.1) is 12.1 Å². The molecule has 2 aromatic rings. The van der Waals surface area contributed by atoms with Crippen LogP contribution in [-0.2, 0) is 4.79 Å². The van der Waals surface area contributed by atoms with E-state index >= 15 is 0 Å². The first-order valence-corrected chi connectivity index (χ1v) is 8.26. The highest BCUT2D eigenvalue weighted by molar-refractivity contribution is 5.83. The van der Waals surface area contributed by atoms with Crippen LogP contribution in [0.15, 0.2) is 48.5 Å². The molecular formula is C20H26N2O2. The first kappa shape index (κ1) is 18.0. The molecule has 0 aliphatic heterocycles. The molecule has 128 valence electrons. The Morgan fingerprint density at radius 1 is 0.958 bits per heavy atom. The summed E-state index contributed by atoms with van der Waals surface area (Å²) in [7, 11) is 0. The van der Waals surface area contributed by atoms with Gasteiger partial charge in [-0.25, -0.2) is 0 Å². The second-order valence-electron chi connectivity index (χ2n) is 6.35. The Bertz CT molecular complexity index is 663. The Hall–Kier alpha value is -2.33. The Morgan fingerprint density at radius 2 is 1.50 bits per heavy atom. The fourth-order valence-corrected chi connectivity index (χ4v) is 2.42. The predicted molar refractivity (Wildman–Crippen MR) is 96.9 cm³/mol. The van der Waals surface area contributed by atoms with E-state index in [1.807, 2.05) is 76.2 Å². The van der Waals surface area contributed by atoms with E-state index in [-0.39, 0.29) is 18.1 Å². The van der Waals surface area contributed by atoms with Crippen molar-refractivity contribution in [3.05, 3.63) is 65.2 Å². The van der Waals surface area contributed by atoms with Crippen LogP contribution in [0.5, 0.6) is 5.75 Å². The van der Waals surface area contributed by atoms with Gasteiger partial charge in [-0.1, -0.05) is 42.0 Å². The van der Waals surface area contributed by atoms with E-state index in [0.717, 1.165) is 22.4 Å². The predicted octanol–water partition coefficient (Wildman–Crippen LogP) is 3.66. The second-order valence-corrected chi connectivity index (χ2v) is 6.35.